The molecular formula is C19H18N2O2S. The van der Waals surface area contributed by atoms with Crippen molar-refractivity contribution in [1.82, 2.24) is 5.32 Å². The van der Waals surface area contributed by atoms with Gasteiger partial charge in [-0.15, -0.1) is 0 Å². The second-order valence-corrected chi connectivity index (χ2v) is 6.55. The first-order valence-corrected chi connectivity index (χ1v) is 8.38. The molecule has 0 radical (unpaired) electrons. The van der Waals surface area contributed by atoms with E-state index in [0.717, 1.165) is 17.0 Å². The molecule has 0 saturated carbocycles. The predicted molar refractivity (Wildman–Crippen MR) is 99.7 cm³/mol. The molecular weight excluding hydrogens is 320 g/mol. The molecule has 24 heavy (non-hydrogen) atoms. The summed E-state index contributed by atoms with van der Waals surface area (Å²) >= 11 is 1.35. The summed E-state index contributed by atoms with van der Waals surface area (Å²) in [6.07, 6.45) is 1.85. The normalized spacial score (nSPS) is 17.4. The number of nitrogens with zero attached hydrogens (tertiary/aromatic N) is 1. The van der Waals surface area contributed by atoms with E-state index in [1.165, 1.54) is 22.9 Å². The highest BCUT2D eigenvalue weighted by atomic mass is 32.2. The van der Waals surface area contributed by atoms with Crippen LogP contribution in [0.3, 0.4) is 0 Å². The Morgan fingerprint density at radius 1 is 1.08 bits per heavy atom. The van der Waals surface area contributed by atoms with Gasteiger partial charge in [0.1, 0.15) is 5.75 Å². The van der Waals surface area contributed by atoms with E-state index in [-0.39, 0.29) is 5.91 Å². The molecule has 5 heteroatoms. The summed E-state index contributed by atoms with van der Waals surface area (Å²) in [4.78, 5) is 17.3. The molecule has 0 unspecified atom stereocenters. The van der Waals surface area contributed by atoms with Gasteiger partial charge in [0, 0.05) is 0 Å². The van der Waals surface area contributed by atoms with Crippen LogP contribution in [-0.2, 0) is 4.79 Å². The van der Waals surface area contributed by atoms with Crippen LogP contribution in [0.15, 0.2) is 52.4 Å². The number of carbonyl (C=O) groups is 1. The topological polar surface area (TPSA) is 50.7 Å². The van der Waals surface area contributed by atoms with Gasteiger partial charge in [-0.1, -0.05) is 18.2 Å². The van der Waals surface area contributed by atoms with Crippen LogP contribution in [0.5, 0.6) is 5.75 Å². The van der Waals surface area contributed by atoms with E-state index in [2.05, 4.69) is 24.2 Å². The van der Waals surface area contributed by atoms with E-state index in [9.17, 15) is 4.79 Å². The zero-order valence-corrected chi connectivity index (χ0v) is 14.6. The minimum Gasteiger partial charge on any atom is -0.497 e. The monoisotopic (exact) mass is 338 g/mol. The SMILES string of the molecule is COc1ccc(C=C2SC(=Nc3ccc(C)c(C)c3)NC2=O)cc1. The van der Waals surface area contributed by atoms with Crippen molar-refractivity contribution < 1.29 is 9.53 Å². The quantitative estimate of drug-likeness (QED) is 0.853. The van der Waals surface area contributed by atoms with Crippen molar-refractivity contribution in [1.29, 1.82) is 0 Å². The molecule has 0 aliphatic carbocycles. The summed E-state index contributed by atoms with van der Waals surface area (Å²) in [7, 11) is 1.63. The van der Waals surface area contributed by atoms with Crippen LogP contribution in [0.4, 0.5) is 5.69 Å². The molecule has 1 aliphatic heterocycles. The van der Waals surface area contributed by atoms with Crippen LogP contribution in [0.1, 0.15) is 16.7 Å². The number of hydrogen-bond acceptors (Lipinski definition) is 4. The first-order chi connectivity index (χ1) is 11.5. The smallest absolute Gasteiger partial charge is 0.264 e. The van der Waals surface area contributed by atoms with Crippen molar-refractivity contribution >= 4 is 34.6 Å². The summed E-state index contributed by atoms with van der Waals surface area (Å²) in [6.45, 7) is 4.11. The van der Waals surface area contributed by atoms with Crippen LogP contribution in [0.2, 0.25) is 0 Å². The Kier molecular flexibility index (Phi) is 4.71. The molecule has 2 aromatic carbocycles. The number of hydrogen-bond donors (Lipinski definition) is 1. The Morgan fingerprint density at radius 3 is 2.50 bits per heavy atom. The average molecular weight is 338 g/mol. The molecule has 122 valence electrons. The van der Waals surface area contributed by atoms with Crippen molar-refractivity contribution in [3.63, 3.8) is 0 Å². The number of carbonyl (C=O) groups excluding carboxylic acids is 1. The van der Waals surface area contributed by atoms with Crippen LogP contribution >= 0.6 is 11.8 Å². The highest BCUT2D eigenvalue weighted by molar-refractivity contribution is 8.18. The lowest BCUT2D eigenvalue weighted by molar-refractivity contribution is -0.115. The maximum Gasteiger partial charge on any atom is 0.264 e. The number of amides is 1. The Hall–Kier alpha value is -2.53. The number of rotatable bonds is 3. The lowest BCUT2D eigenvalue weighted by Gasteiger charge is -2.01. The van der Waals surface area contributed by atoms with Gasteiger partial charge in [-0.25, -0.2) is 4.99 Å². The minimum atomic E-state index is -0.126. The largest absolute Gasteiger partial charge is 0.497 e. The van der Waals surface area contributed by atoms with Gasteiger partial charge >= 0.3 is 0 Å². The predicted octanol–water partition coefficient (Wildman–Crippen LogP) is 4.20. The Bertz CT molecular complexity index is 839. The van der Waals surface area contributed by atoms with E-state index in [1.54, 1.807) is 7.11 Å². The molecule has 1 fully saturated rings. The Morgan fingerprint density at radius 2 is 1.83 bits per heavy atom. The summed E-state index contributed by atoms with van der Waals surface area (Å²) in [6, 6.07) is 13.6. The first-order valence-electron chi connectivity index (χ1n) is 7.56. The molecule has 1 heterocycles. The third kappa shape index (κ3) is 3.68. The summed E-state index contributed by atoms with van der Waals surface area (Å²) in [5.74, 6) is 0.663. The van der Waals surface area contributed by atoms with Gasteiger partial charge in [0.2, 0.25) is 0 Å². The lowest BCUT2D eigenvalue weighted by Crippen LogP contribution is -2.19. The highest BCUT2D eigenvalue weighted by Gasteiger charge is 2.23. The molecule has 0 aromatic heterocycles. The van der Waals surface area contributed by atoms with Crippen molar-refractivity contribution in [3.05, 3.63) is 64.1 Å². The maximum atomic E-state index is 12.1. The van der Waals surface area contributed by atoms with Gasteiger partial charge in [0.15, 0.2) is 5.17 Å². The number of ether oxygens (including phenoxy) is 1. The fourth-order valence-electron chi connectivity index (χ4n) is 2.24. The van der Waals surface area contributed by atoms with E-state index in [0.29, 0.717) is 10.1 Å². The third-order valence-electron chi connectivity index (χ3n) is 3.79. The number of aliphatic imine (C=N–C) groups is 1. The van der Waals surface area contributed by atoms with E-state index in [1.807, 2.05) is 48.5 Å². The summed E-state index contributed by atoms with van der Waals surface area (Å²) in [5.41, 5.74) is 4.19. The van der Waals surface area contributed by atoms with Gasteiger partial charge < -0.3 is 10.1 Å². The minimum absolute atomic E-state index is 0.126. The zero-order chi connectivity index (χ0) is 17.1. The van der Waals surface area contributed by atoms with Crippen molar-refractivity contribution in [2.45, 2.75) is 13.8 Å². The molecule has 0 bridgehead atoms. The third-order valence-corrected chi connectivity index (χ3v) is 4.70. The van der Waals surface area contributed by atoms with Gasteiger partial charge in [-0.05, 0) is 72.6 Å². The molecule has 1 aliphatic rings. The highest BCUT2D eigenvalue weighted by Crippen LogP contribution is 2.29. The van der Waals surface area contributed by atoms with Crippen LogP contribution in [0.25, 0.3) is 6.08 Å². The number of amidine groups is 1. The molecule has 0 spiro atoms. The number of methoxy groups -OCH3 is 1. The van der Waals surface area contributed by atoms with Crippen molar-refractivity contribution in [2.75, 3.05) is 7.11 Å². The molecule has 0 atom stereocenters. The van der Waals surface area contributed by atoms with E-state index >= 15 is 0 Å². The van der Waals surface area contributed by atoms with Crippen LogP contribution in [0, 0.1) is 13.8 Å². The second-order valence-electron chi connectivity index (χ2n) is 5.52. The van der Waals surface area contributed by atoms with E-state index in [4.69, 9.17) is 4.74 Å². The molecule has 1 amide bonds. The van der Waals surface area contributed by atoms with Crippen LogP contribution < -0.4 is 10.1 Å². The lowest BCUT2D eigenvalue weighted by atomic mass is 10.1. The van der Waals surface area contributed by atoms with Gasteiger partial charge in [-0.2, -0.15) is 0 Å². The fraction of sp³-hybridized carbons (Fsp3) is 0.158. The van der Waals surface area contributed by atoms with Crippen molar-refractivity contribution in [3.8, 4) is 5.75 Å². The molecule has 3 rings (SSSR count). The van der Waals surface area contributed by atoms with Gasteiger partial charge in [-0.3, -0.25) is 4.79 Å². The first kappa shape index (κ1) is 16.3. The zero-order valence-electron chi connectivity index (χ0n) is 13.8. The summed E-state index contributed by atoms with van der Waals surface area (Å²) in [5, 5.41) is 3.41. The average Bonchev–Trinajstić information content (AvgIpc) is 2.91. The molecule has 2 aromatic rings. The molecule has 1 saturated heterocycles. The summed E-state index contributed by atoms with van der Waals surface area (Å²) < 4.78 is 5.14. The number of aryl methyl sites for hydroxylation is 2. The maximum absolute atomic E-state index is 12.1. The number of benzene rings is 2. The Balaban J connectivity index is 1.80. The molecule has 4 nitrogen and oxygen atoms in total. The standard InChI is InChI=1S/C19H18N2O2S/c1-12-4-7-15(10-13(12)2)20-19-21-18(22)17(24-19)11-14-5-8-16(23-3)9-6-14/h4-11H,1-3H3,(H,20,21,22). The van der Waals surface area contributed by atoms with Gasteiger partial charge in [0.25, 0.3) is 5.91 Å². The van der Waals surface area contributed by atoms with Gasteiger partial charge in [0.05, 0.1) is 17.7 Å². The fourth-order valence-corrected chi connectivity index (χ4v) is 3.09. The number of nitrogens with one attached hydrogen (secondary N) is 1. The van der Waals surface area contributed by atoms with Crippen LogP contribution in [-0.4, -0.2) is 18.2 Å². The number of thioether (sulfide) groups is 1. The Labute approximate surface area is 145 Å². The van der Waals surface area contributed by atoms with Crippen molar-refractivity contribution in [2.24, 2.45) is 4.99 Å². The second kappa shape index (κ2) is 6.93. The van der Waals surface area contributed by atoms with E-state index < -0.39 is 0 Å². The molecule has 1 N–H and O–H groups in total.